The van der Waals surface area contributed by atoms with E-state index < -0.39 is 5.41 Å². The maximum Gasteiger partial charge on any atom is 0.235 e. The lowest BCUT2D eigenvalue weighted by molar-refractivity contribution is -0.125. The first-order chi connectivity index (χ1) is 14.2. The van der Waals surface area contributed by atoms with Gasteiger partial charge in [-0.3, -0.25) is 9.69 Å². The van der Waals surface area contributed by atoms with Crippen LogP contribution in [0.3, 0.4) is 0 Å². The summed E-state index contributed by atoms with van der Waals surface area (Å²) in [6.07, 6.45) is 5.32. The Morgan fingerprint density at radius 3 is 2.48 bits per heavy atom. The molecule has 0 saturated carbocycles. The Balaban J connectivity index is 1.51. The number of nitrogens with one attached hydrogen (secondary N) is 1. The van der Waals surface area contributed by atoms with Crippen LogP contribution in [0.15, 0.2) is 53.0 Å². The van der Waals surface area contributed by atoms with Crippen molar-refractivity contribution in [2.75, 3.05) is 31.6 Å². The summed E-state index contributed by atoms with van der Waals surface area (Å²) in [5.41, 5.74) is 2.66. The number of carbonyl (C=O) groups is 1. The summed E-state index contributed by atoms with van der Waals surface area (Å²) in [7, 11) is 0. The maximum absolute atomic E-state index is 13.5. The van der Waals surface area contributed by atoms with Gasteiger partial charge in [-0.25, -0.2) is 0 Å². The molecule has 2 fully saturated rings. The molecular weight excluding hydrogens is 428 g/mol. The van der Waals surface area contributed by atoms with Crippen LogP contribution in [0.2, 0.25) is 0 Å². The highest BCUT2D eigenvalue weighted by Crippen LogP contribution is 2.37. The van der Waals surface area contributed by atoms with Gasteiger partial charge in [0.05, 0.1) is 5.41 Å². The van der Waals surface area contributed by atoms with Gasteiger partial charge in [0, 0.05) is 29.9 Å². The second-order valence-corrected chi connectivity index (χ2v) is 9.11. The minimum absolute atomic E-state index is 0.0678. The molecule has 4 nitrogen and oxygen atoms in total. The van der Waals surface area contributed by atoms with Crippen LogP contribution < -0.4 is 5.32 Å². The number of rotatable bonds is 5. The zero-order chi connectivity index (χ0) is 20.1. The minimum Gasteiger partial charge on any atom is -0.381 e. The molecule has 0 aromatic heterocycles. The fourth-order valence-electron chi connectivity index (χ4n) is 4.51. The Hall–Kier alpha value is -1.69. The fourth-order valence-corrected chi connectivity index (χ4v) is 4.77. The molecule has 0 spiro atoms. The molecule has 1 amide bonds. The zero-order valence-electron chi connectivity index (χ0n) is 16.8. The van der Waals surface area contributed by atoms with Gasteiger partial charge in [0.2, 0.25) is 5.91 Å². The number of hydrogen-bond donors (Lipinski definition) is 1. The van der Waals surface area contributed by atoms with Crippen molar-refractivity contribution in [1.29, 1.82) is 0 Å². The summed E-state index contributed by atoms with van der Waals surface area (Å²) in [6.45, 7) is 4.51. The number of nitrogens with zero attached hydrogens (tertiary/aromatic N) is 1. The van der Waals surface area contributed by atoms with E-state index in [1.807, 2.05) is 24.3 Å². The van der Waals surface area contributed by atoms with E-state index >= 15 is 0 Å². The molecule has 154 valence electrons. The number of ether oxygens (including phenoxy) is 1. The van der Waals surface area contributed by atoms with Gasteiger partial charge in [0.25, 0.3) is 0 Å². The molecule has 2 aliphatic rings. The quantitative estimate of drug-likeness (QED) is 0.678. The Labute approximate surface area is 181 Å². The van der Waals surface area contributed by atoms with Crippen LogP contribution in [0.25, 0.3) is 0 Å². The topological polar surface area (TPSA) is 41.6 Å². The summed E-state index contributed by atoms with van der Waals surface area (Å²) in [4.78, 5) is 16.0. The average Bonchev–Trinajstić information content (AvgIpc) is 2.76. The Bertz CT molecular complexity index is 825. The first kappa shape index (κ1) is 20.6. The largest absolute Gasteiger partial charge is 0.381 e. The standard InChI is InChI=1S/C24H29BrN2O2/c25-21-9-7-20(8-10-21)24(11-15-29-16-12-24)23(28)26-22-6-4-5-19(17-22)18-27-13-2-1-3-14-27/h4-10,17H,1-3,11-16,18H2,(H,26,28). The molecule has 4 rings (SSSR count). The van der Waals surface area contributed by atoms with Crippen molar-refractivity contribution in [2.24, 2.45) is 0 Å². The molecule has 0 atom stereocenters. The van der Waals surface area contributed by atoms with Crippen LogP contribution in [0.5, 0.6) is 0 Å². The van der Waals surface area contributed by atoms with Crippen molar-refractivity contribution in [1.82, 2.24) is 4.90 Å². The van der Waals surface area contributed by atoms with Gasteiger partial charge in [0.15, 0.2) is 0 Å². The molecule has 5 heteroatoms. The van der Waals surface area contributed by atoms with Crippen LogP contribution in [0.4, 0.5) is 5.69 Å². The van der Waals surface area contributed by atoms with Crippen molar-refractivity contribution >= 4 is 27.5 Å². The Morgan fingerprint density at radius 1 is 1.03 bits per heavy atom. The lowest BCUT2D eigenvalue weighted by atomic mass is 9.73. The monoisotopic (exact) mass is 456 g/mol. The molecule has 2 heterocycles. The average molecular weight is 457 g/mol. The van der Waals surface area contributed by atoms with Crippen LogP contribution in [-0.4, -0.2) is 37.1 Å². The smallest absolute Gasteiger partial charge is 0.235 e. The predicted molar refractivity (Wildman–Crippen MR) is 120 cm³/mol. The number of anilines is 1. The third-order valence-corrected chi connectivity index (χ3v) is 6.75. The van der Waals surface area contributed by atoms with Crippen LogP contribution in [-0.2, 0) is 21.5 Å². The van der Waals surface area contributed by atoms with Gasteiger partial charge < -0.3 is 10.1 Å². The number of carbonyl (C=O) groups excluding carboxylic acids is 1. The zero-order valence-corrected chi connectivity index (χ0v) is 18.4. The maximum atomic E-state index is 13.5. The summed E-state index contributed by atoms with van der Waals surface area (Å²) < 4.78 is 6.60. The van der Waals surface area contributed by atoms with Crippen LogP contribution in [0.1, 0.15) is 43.2 Å². The second-order valence-electron chi connectivity index (χ2n) is 8.19. The van der Waals surface area contributed by atoms with E-state index in [1.54, 1.807) is 0 Å². The van der Waals surface area contributed by atoms with Gasteiger partial charge in [-0.1, -0.05) is 46.6 Å². The molecule has 29 heavy (non-hydrogen) atoms. The Morgan fingerprint density at radius 2 is 1.76 bits per heavy atom. The lowest BCUT2D eigenvalue weighted by Crippen LogP contribution is -2.44. The SMILES string of the molecule is O=C(Nc1cccc(CN2CCCCC2)c1)C1(c2ccc(Br)cc2)CCOCC1. The van der Waals surface area contributed by atoms with E-state index in [2.05, 4.69) is 50.4 Å². The lowest BCUT2D eigenvalue weighted by Gasteiger charge is -2.36. The predicted octanol–water partition coefficient (Wildman–Crippen LogP) is 5.12. The fraction of sp³-hybridized carbons (Fsp3) is 0.458. The molecule has 0 unspecified atom stereocenters. The molecule has 0 radical (unpaired) electrons. The normalized spacial score (nSPS) is 19.6. The van der Waals surface area contributed by atoms with Crippen LogP contribution in [0, 0.1) is 0 Å². The minimum atomic E-state index is -0.540. The van der Waals surface area contributed by atoms with Crippen molar-refractivity contribution in [2.45, 2.75) is 44.1 Å². The number of piperidine rings is 1. The third kappa shape index (κ3) is 4.90. The van der Waals surface area contributed by atoms with E-state index in [9.17, 15) is 4.79 Å². The van der Waals surface area contributed by atoms with E-state index in [0.29, 0.717) is 26.1 Å². The molecular formula is C24H29BrN2O2. The summed E-state index contributed by atoms with van der Waals surface area (Å²) in [5.74, 6) is 0.0678. The summed E-state index contributed by atoms with van der Waals surface area (Å²) >= 11 is 3.50. The second kappa shape index (κ2) is 9.41. The molecule has 2 aromatic carbocycles. The number of benzene rings is 2. The number of hydrogen-bond acceptors (Lipinski definition) is 3. The summed E-state index contributed by atoms with van der Waals surface area (Å²) in [5, 5.41) is 3.22. The van der Waals surface area contributed by atoms with Crippen molar-refractivity contribution in [3.63, 3.8) is 0 Å². The van der Waals surface area contributed by atoms with Crippen molar-refractivity contribution < 1.29 is 9.53 Å². The number of halogens is 1. The Kier molecular flexibility index (Phi) is 6.68. The molecule has 2 saturated heterocycles. The van der Waals surface area contributed by atoms with Gasteiger partial charge >= 0.3 is 0 Å². The molecule has 2 aromatic rings. The van der Waals surface area contributed by atoms with Crippen molar-refractivity contribution in [3.05, 3.63) is 64.1 Å². The highest BCUT2D eigenvalue weighted by molar-refractivity contribution is 9.10. The molecule has 0 aliphatic carbocycles. The van der Waals surface area contributed by atoms with Gasteiger partial charge in [-0.15, -0.1) is 0 Å². The number of likely N-dealkylation sites (tertiary alicyclic amines) is 1. The molecule has 1 N–H and O–H groups in total. The van der Waals surface area contributed by atoms with E-state index in [4.69, 9.17) is 4.74 Å². The number of amides is 1. The van der Waals surface area contributed by atoms with Gasteiger partial charge in [-0.05, 0) is 74.2 Å². The molecule has 0 bridgehead atoms. The van der Waals surface area contributed by atoms with Crippen LogP contribution >= 0.6 is 15.9 Å². The van der Waals surface area contributed by atoms with Gasteiger partial charge in [-0.2, -0.15) is 0 Å². The van der Waals surface area contributed by atoms with E-state index in [0.717, 1.165) is 22.3 Å². The highest BCUT2D eigenvalue weighted by atomic mass is 79.9. The summed E-state index contributed by atoms with van der Waals surface area (Å²) in [6, 6.07) is 16.5. The first-order valence-corrected chi connectivity index (χ1v) is 11.4. The molecule has 2 aliphatic heterocycles. The third-order valence-electron chi connectivity index (χ3n) is 6.22. The van der Waals surface area contributed by atoms with Gasteiger partial charge in [0.1, 0.15) is 0 Å². The first-order valence-electron chi connectivity index (χ1n) is 10.6. The van der Waals surface area contributed by atoms with E-state index in [1.165, 1.54) is 37.9 Å². The van der Waals surface area contributed by atoms with E-state index in [-0.39, 0.29) is 5.91 Å². The van der Waals surface area contributed by atoms with Crippen molar-refractivity contribution in [3.8, 4) is 0 Å². The highest BCUT2D eigenvalue weighted by Gasteiger charge is 2.41.